The minimum atomic E-state index is 0.0356. The standard InChI is InChI=1S/C15H17BrN2OS/c1-11-3-4-13(7-14(11)16)17-15(19)9-18(2)8-12-5-6-20-10-12/h3-7,10H,8-9H2,1-2H3,(H,17,19)/p+1. The second kappa shape index (κ2) is 7.02. The summed E-state index contributed by atoms with van der Waals surface area (Å²) in [7, 11) is 2.03. The lowest BCUT2D eigenvalue weighted by molar-refractivity contribution is -0.885. The van der Waals surface area contributed by atoms with Gasteiger partial charge in [-0.3, -0.25) is 4.79 Å². The summed E-state index contributed by atoms with van der Waals surface area (Å²) in [6, 6.07) is 7.94. The molecule has 0 fully saturated rings. The Morgan fingerprint density at radius 2 is 2.20 bits per heavy atom. The molecule has 1 aromatic carbocycles. The molecular weight excluding hydrogens is 336 g/mol. The molecule has 2 aromatic rings. The SMILES string of the molecule is Cc1ccc(NC(=O)C[NH+](C)Cc2ccsc2)cc1Br. The topological polar surface area (TPSA) is 33.5 Å². The highest BCUT2D eigenvalue weighted by Crippen LogP contribution is 2.20. The molecule has 0 aliphatic carbocycles. The van der Waals surface area contributed by atoms with Gasteiger partial charge >= 0.3 is 0 Å². The Morgan fingerprint density at radius 1 is 1.40 bits per heavy atom. The van der Waals surface area contributed by atoms with Crippen molar-refractivity contribution >= 4 is 38.9 Å². The lowest BCUT2D eigenvalue weighted by atomic mass is 10.2. The van der Waals surface area contributed by atoms with Gasteiger partial charge in [-0.2, -0.15) is 11.3 Å². The number of amides is 1. The molecule has 1 unspecified atom stereocenters. The molecule has 106 valence electrons. The van der Waals surface area contributed by atoms with Gasteiger partial charge < -0.3 is 10.2 Å². The number of thiophene rings is 1. The zero-order chi connectivity index (χ0) is 14.5. The molecule has 0 spiro atoms. The van der Waals surface area contributed by atoms with Crippen LogP contribution in [0.5, 0.6) is 0 Å². The van der Waals surface area contributed by atoms with E-state index in [1.807, 2.05) is 32.2 Å². The summed E-state index contributed by atoms with van der Waals surface area (Å²) >= 11 is 5.16. The number of carbonyl (C=O) groups is 1. The van der Waals surface area contributed by atoms with E-state index in [0.717, 1.165) is 22.3 Å². The van der Waals surface area contributed by atoms with Crippen LogP contribution in [0.3, 0.4) is 0 Å². The van der Waals surface area contributed by atoms with Crippen molar-refractivity contribution in [1.29, 1.82) is 0 Å². The summed E-state index contributed by atoms with van der Waals surface area (Å²) in [5.74, 6) is 0.0356. The number of benzene rings is 1. The molecule has 2 N–H and O–H groups in total. The van der Waals surface area contributed by atoms with Crippen molar-refractivity contribution in [2.75, 3.05) is 18.9 Å². The number of rotatable bonds is 5. The Hall–Kier alpha value is -1.17. The van der Waals surface area contributed by atoms with Crippen LogP contribution in [-0.2, 0) is 11.3 Å². The molecule has 5 heteroatoms. The summed E-state index contributed by atoms with van der Waals surface area (Å²) in [6.45, 7) is 3.35. The molecule has 3 nitrogen and oxygen atoms in total. The Labute approximate surface area is 131 Å². The Balaban J connectivity index is 1.87. The molecule has 1 amide bonds. The van der Waals surface area contributed by atoms with Crippen LogP contribution in [0.2, 0.25) is 0 Å². The average Bonchev–Trinajstić information content (AvgIpc) is 2.86. The first-order valence-corrected chi connectivity index (χ1v) is 8.16. The highest BCUT2D eigenvalue weighted by Gasteiger charge is 2.11. The predicted molar refractivity (Wildman–Crippen MR) is 87.3 cm³/mol. The second-order valence-electron chi connectivity index (χ2n) is 4.95. The van der Waals surface area contributed by atoms with Crippen molar-refractivity contribution in [3.05, 3.63) is 50.6 Å². The number of carbonyl (C=O) groups excluding carboxylic acids is 1. The number of aryl methyl sites for hydroxylation is 1. The van der Waals surface area contributed by atoms with E-state index in [9.17, 15) is 4.79 Å². The van der Waals surface area contributed by atoms with E-state index in [-0.39, 0.29) is 5.91 Å². The number of hydrogen-bond acceptors (Lipinski definition) is 2. The van der Waals surface area contributed by atoms with E-state index in [0.29, 0.717) is 6.54 Å². The Morgan fingerprint density at radius 3 is 2.85 bits per heavy atom. The minimum Gasteiger partial charge on any atom is -0.326 e. The van der Waals surface area contributed by atoms with Crippen molar-refractivity contribution in [3.63, 3.8) is 0 Å². The number of hydrogen-bond donors (Lipinski definition) is 2. The van der Waals surface area contributed by atoms with Gasteiger partial charge in [0.2, 0.25) is 0 Å². The molecular formula is C15H18BrN2OS+. The van der Waals surface area contributed by atoms with Crippen molar-refractivity contribution in [2.45, 2.75) is 13.5 Å². The summed E-state index contributed by atoms with van der Waals surface area (Å²) in [5.41, 5.74) is 3.26. The summed E-state index contributed by atoms with van der Waals surface area (Å²) in [4.78, 5) is 13.2. The smallest absolute Gasteiger partial charge is 0.279 e. The fourth-order valence-electron chi connectivity index (χ4n) is 1.95. The van der Waals surface area contributed by atoms with E-state index < -0.39 is 0 Å². The van der Waals surface area contributed by atoms with Gasteiger partial charge in [0.25, 0.3) is 5.91 Å². The molecule has 0 bridgehead atoms. The van der Waals surface area contributed by atoms with Crippen molar-refractivity contribution in [3.8, 4) is 0 Å². The zero-order valence-electron chi connectivity index (χ0n) is 11.6. The van der Waals surface area contributed by atoms with Crippen LogP contribution in [0.1, 0.15) is 11.1 Å². The second-order valence-corrected chi connectivity index (χ2v) is 6.59. The fourth-order valence-corrected chi connectivity index (χ4v) is 3.00. The first-order valence-electron chi connectivity index (χ1n) is 6.43. The van der Waals surface area contributed by atoms with Crippen LogP contribution in [0.25, 0.3) is 0 Å². The third-order valence-electron chi connectivity index (χ3n) is 3.00. The normalized spacial score (nSPS) is 12.2. The van der Waals surface area contributed by atoms with Crippen LogP contribution in [0.4, 0.5) is 5.69 Å². The largest absolute Gasteiger partial charge is 0.326 e. The van der Waals surface area contributed by atoms with E-state index in [1.54, 1.807) is 11.3 Å². The maximum Gasteiger partial charge on any atom is 0.279 e. The van der Waals surface area contributed by atoms with Crippen LogP contribution in [0.15, 0.2) is 39.5 Å². The maximum atomic E-state index is 12.0. The molecule has 0 radical (unpaired) electrons. The van der Waals surface area contributed by atoms with Crippen LogP contribution >= 0.6 is 27.3 Å². The fraction of sp³-hybridized carbons (Fsp3) is 0.267. The van der Waals surface area contributed by atoms with Gasteiger partial charge in [0.15, 0.2) is 6.54 Å². The summed E-state index contributed by atoms with van der Waals surface area (Å²) in [5, 5.41) is 7.12. The number of likely N-dealkylation sites (N-methyl/N-ethyl adjacent to an activating group) is 1. The first-order chi connectivity index (χ1) is 9.54. The summed E-state index contributed by atoms with van der Waals surface area (Å²) in [6.07, 6.45) is 0. The van der Waals surface area contributed by atoms with E-state index in [1.165, 1.54) is 10.5 Å². The monoisotopic (exact) mass is 353 g/mol. The van der Waals surface area contributed by atoms with Gasteiger partial charge in [0.05, 0.1) is 7.05 Å². The molecule has 0 aliphatic heterocycles. The summed E-state index contributed by atoms with van der Waals surface area (Å²) < 4.78 is 1.01. The molecule has 0 aliphatic rings. The maximum absolute atomic E-state index is 12.0. The van der Waals surface area contributed by atoms with E-state index in [4.69, 9.17) is 0 Å². The van der Waals surface area contributed by atoms with Crippen LogP contribution < -0.4 is 10.2 Å². The first kappa shape index (κ1) is 15.2. The van der Waals surface area contributed by atoms with Gasteiger partial charge in [-0.15, -0.1) is 0 Å². The van der Waals surface area contributed by atoms with E-state index >= 15 is 0 Å². The van der Waals surface area contributed by atoms with Crippen LogP contribution in [0, 0.1) is 6.92 Å². The van der Waals surface area contributed by atoms with Crippen molar-refractivity contribution in [2.24, 2.45) is 0 Å². The third kappa shape index (κ3) is 4.44. The molecule has 20 heavy (non-hydrogen) atoms. The zero-order valence-corrected chi connectivity index (χ0v) is 14.0. The predicted octanol–water partition coefficient (Wildman–Crippen LogP) is 2.47. The molecule has 1 aromatic heterocycles. The molecule has 1 heterocycles. The number of nitrogens with one attached hydrogen (secondary N) is 2. The average molecular weight is 354 g/mol. The lowest BCUT2D eigenvalue weighted by Gasteiger charge is -2.13. The quantitative estimate of drug-likeness (QED) is 0.850. The van der Waals surface area contributed by atoms with Gasteiger partial charge in [-0.1, -0.05) is 22.0 Å². The number of halogens is 1. The molecule has 0 saturated heterocycles. The minimum absolute atomic E-state index is 0.0356. The third-order valence-corrected chi connectivity index (χ3v) is 4.59. The van der Waals surface area contributed by atoms with Gasteiger partial charge in [-0.25, -0.2) is 0 Å². The Kier molecular flexibility index (Phi) is 5.34. The van der Waals surface area contributed by atoms with Crippen molar-refractivity contribution in [1.82, 2.24) is 0 Å². The van der Waals surface area contributed by atoms with Crippen LogP contribution in [-0.4, -0.2) is 19.5 Å². The highest BCUT2D eigenvalue weighted by atomic mass is 79.9. The van der Waals surface area contributed by atoms with Gasteiger partial charge in [0, 0.05) is 15.7 Å². The number of quaternary nitrogens is 1. The van der Waals surface area contributed by atoms with Crippen molar-refractivity contribution < 1.29 is 9.69 Å². The molecule has 1 atom stereocenters. The van der Waals surface area contributed by atoms with E-state index in [2.05, 4.69) is 38.1 Å². The molecule has 2 rings (SSSR count). The lowest BCUT2D eigenvalue weighted by Crippen LogP contribution is -3.08. The highest BCUT2D eigenvalue weighted by molar-refractivity contribution is 9.10. The molecule has 0 saturated carbocycles. The Bertz CT molecular complexity index is 584. The van der Waals surface area contributed by atoms with Gasteiger partial charge in [0.1, 0.15) is 6.54 Å². The number of anilines is 1. The van der Waals surface area contributed by atoms with Gasteiger partial charge in [-0.05, 0) is 41.4 Å².